The van der Waals surface area contributed by atoms with Crippen LogP contribution in [0.2, 0.25) is 0 Å². The van der Waals surface area contributed by atoms with E-state index in [0.717, 1.165) is 12.2 Å². The predicted octanol–water partition coefficient (Wildman–Crippen LogP) is 1.85. The molecule has 3 aromatic rings. The minimum Gasteiger partial charge on any atom is -0.364 e. The van der Waals surface area contributed by atoms with Crippen LogP contribution in [0.25, 0.3) is 11.2 Å². The number of hydrogen-bond donors (Lipinski definition) is 1. The van der Waals surface area contributed by atoms with Crippen LogP contribution in [0.5, 0.6) is 0 Å². The van der Waals surface area contributed by atoms with E-state index in [1.165, 1.54) is 11.9 Å². The Kier molecular flexibility index (Phi) is 3.06. The molecule has 0 amide bonds. The Morgan fingerprint density at radius 2 is 2.00 bits per heavy atom. The Labute approximate surface area is 110 Å². The van der Waals surface area contributed by atoms with Crippen molar-refractivity contribution in [2.45, 2.75) is 20.0 Å². The second-order valence-electron chi connectivity index (χ2n) is 4.14. The molecule has 0 radical (unpaired) electrons. The lowest BCUT2D eigenvalue weighted by atomic mass is 10.2. The lowest BCUT2D eigenvalue weighted by molar-refractivity contribution is 0.641. The monoisotopic (exact) mass is 254 g/mol. The van der Waals surface area contributed by atoms with E-state index in [4.69, 9.17) is 0 Å². The number of benzene rings is 1. The van der Waals surface area contributed by atoms with E-state index in [1.54, 1.807) is 4.68 Å². The van der Waals surface area contributed by atoms with Crippen LogP contribution in [0, 0.1) is 0 Å². The van der Waals surface area contributed by atoms with Gasteiger partial charge in [0.05, 0.1) is 0 Å². The van der Waals surface area contributed by atoms with Gasteiger partial charge in [0.2, 0.25) is 0 Å². The SMILES string of the molecule is CCn1nnc2c(NCc3ccccc3)ncnc21. The lowest BCUT2D eigenvalue weighted by Crippen LogP contribution is -2.03. The molecule has 2 aromatic heterocycles. The van der Waals surface area contributed by atoms with Crippen LogP contribution < -0.4 is 5.32 Å². The quantitative estimate of drug-likeness (QED) is 0.769. The largest absolute Gasteiger partial charge is 0.364 e. The van der Waals surface area contributed by atoms with Crippen LogP contribution in [-0.2, 0) is 13.1 Å². The minimum atomic E-state index is 0.700. The summed E-state index contributed by atoms with van der Waals surface area (Å²) in [5.41, 5.74) is 2.66. The third kappa shape index (κ3) is 2.24. The highest BCUT2D eigenvalue weighted by Gasteiger charge is 2.10. The van der Waals surface area contributed by atoms with Gasteiger partial charge in [0.25, 0.3) is 0 Å². The molecule has 0 unspecified atom stereocenters. The summed E-state index contributed by atoms with van der Waals surface area (Å²) in [6.07, 6.45) is 1.53. The number of fused-ring (bicyclic) bond motifs is 1. The molecule has 6 heteroatoms. The average Bonchev–Trinajstić information content (AvgIpc) is 2.90. The number of aromatic nitrogens is 5. The van der Waals surface area contributed by atoms with Crippen molar-refractivity contribution >= 4 is 17.0 Å². The Hall–Kier alpha value is -2.50. The third-order valence-electron chi connectivity index (χ3n) is 2.90. The molecular formula is C13H14N6. The summed E-state index contributed by atoms with van der Waals surface area (Å²) in [5.74, 6) is 0.716. The van der Waals surface area contributed by atoms with Crippen LogP contribution in [0.3, 0.4) is 0 Å². The topological polar surface area (TPSA) is 68.5 Å². The van der Waals surface area contributed by atoms with Crippen molar-refractivity contribution in [2.75, 3.05) is 5.32 Å². The Morgan fingerprint density at radius 3 is 2.79 bits per heavy atom. The first-order chi connectivity index (χ1) is 9.38. The molecule has 0 fully saturated rings. The van der Waals surface area contributed by atoms with Crippen molar-refractivity contribution in [1.29, 1.82) is 0 Å². The molecule has 1 N–H and O–H groups in total. The predicted molar refractivity (Wildman–Crippen MR) is 72.6 cm³/mol. The van der Waals surface area contributed by atoms with E-state index >= 15 is 0 Å². The van der Waals surface area contributed by atoms with Gasteiger partial charge in [0.15, 0.2) is 17.0 Å². The molecule has 1 aromatic carbocycles. The van der Waals surface area contributed by atoms with E-state index in [9.17, 15) is 0 Å². The van der Waals surface area contributed by atoms with Crippen molar-refractivity contribution in [2.24, 2.45) is 0 Å². The highest BCUT2D eigenvalue weighted by Crippen LogP contribution is 2.16. The van der Waals surface area contributed by atoms with Crippen molar-refractivity contribution in [3.8, 4) is 0 Å². The van der Waals surface area contributed by atoms with Gasteiger partial charge in [-0.1, -0.05) is 35.5 Å². The van der Waals surface area contributed by atoms with Crippen LogP contribution in [0.1, 0.15) is 12.5 Å². The maximum atomic E-state index is 4.23. The van der Waals surface area contributed by atoms with Gasteiger partial charge in [-0.3, -0.25) is 0 Å². The molecule has 2 heterocycles. The van der Waals surface area contributed by atoms with Crippen molar-refractivity contribution in [3.05, 3.63) is 42.2 Å². The highest BCUT2D eigenvalue weighted by molar-refractivity contribution is 5.81. The summed E-state index contributed by atoms with van der Waals surface area (Å²) in [7, 11) is 0. The van der Waals surface area contributed by atoms with Crippen LogP contribution >= 0.6 is 0 Å². The zero-order chi connectivity index (χ0) is 13.1. The second kappa shape index (κ2) is 5.01. The van der Waals surface area contributed by atoms with Gasteiger partial charge >= 0.3 is 0 Å². The van der Waals surface area contributed by atoms with Crippen LogP contribution in [-0.4, -0.2) is 25.0 Å². The lowest BCUT2D eigenvalue weighted by Gasteiger charge is -2.05. The van der Waals surface area contributed by atoms with Gasteiger partial charge in [-0.2, -0.15) is 0 Å². The number of rotatable bonds is 4. The van der Waals surface area contributed by atoms with E-state index in [-0.39, 0.29) is 0 Å². The minimum absolute atomic E-state index is 0.700. The molecule has 0 spiro atoms. The maximum absolute atomic E-state index is 4.23. The maximum Gasteiger partial charge on any atom is 0.183 e. The third-order valence-corrected chi connectivity index (χ3v) is 2.90. The van der Waals surface area contributed by atoms with Crippen LogP contribution in [0.4, 0.5) is 5.82 Å². The Balaban J connectivity index is 1.87. The number of hydrogen-bond acceptors (Lipinski definition) is 5. The van der Waals surface area contributed by atoms with Crippen molar-refractivity contribution < 1.29 is 0 Å². The molecule has 0 aliphatic rings. The fourth-order valence-corrected chi connectivity index (χ4v) is 1.92. The van der Waals surface area contributed by atoms with E-state index < -0.39 is 0 Å². The average molecular weight is 254 g/mol. The van der Waals surface area contributed by atoms with Gasteiger partial charge in [-0.05, 0) is 12.5 Å². The molecular weight excluding hydrogens is 240 g/mol. The van der Waals surface area contributed by atoms with Gasteiger partial charge in [-0.25, -0.2) is 14.6 Å². The summed E-state index contributed by atoms with van der Waals surface area (Å²) < 4.78 is 1.75. The van der Waals surface area contributed by atoms with Crippen molar-refractivity contribution in [3.63, 3.8) is 0 Å². The smallest absolute Gasteiger partial charge is 0.183 e. The highest BCUT2D eigenvalue weighted by atomic mass is 15.4. The fourth-order valence-electron chi connectivity index (χ4n) is 1.92. The summed E-state index contributed by atoms with van der Waals surface area (Å²) in [6.45, 7) is 3.45. The Bertz CT molecular complexity index is 676. The van der Waals surface area contributed by atoms with Gasteiger partial charge in [0, 0.05) is 13.1 Å². The molecule has 0 saturated carbocycles. The molecule has 0 atom stereocenters. The number of anilines is 1. The molecule has 0 aliphatic carbocycles. The molecule has 19 heavy (non-hydrogen) atoms. The molecule has 0 aliphatic heterocycles. The van der Waals surface area contributed by atoms with Crippen molar-refractivity contribution in [1.82, 2.24) is 25.0 Å². The van der Waals surface area contributed by atoms with E-state index in [1.807, 2.05) is 25.1 Å². The molecule has 3 rings (SSSR count). The zero-order valence-corrected chi connectivity index (χ0v) is 10.6. The zero-order valence-electron chi connectivity index (χ0n) is 10.6. The molecule has 0 saturated heterocycles. The first kappa shape index (κ1) is 11.6. The summed E-state index contributed by atoms with van der Waals surface area (Å²) in [4.78, 5) is 8.45. The van der Waals surface area contributed by atoms with Gasteiger partial charge < -0.3 is 5.32 Å². The van der Waals surface area contributed by atoms with Gasteiger partial charge in [-0.15, -0.1) is 5.10 Å². The van der Waals surface area contributed by atoms with E-state index in [2.05, 4.69) is 37.7 Å². The fraction of sp³-hybridized carbons (Fsp3) is 0.231. The Morgan fingerprint density at radius 1 is 1.16 bits per heavy atom. The normalized spacial score (nSPS) is 10.8. The number of nitrogens with zero attached hydrogens (tertiary/aromatic N) is 5. The summed E-state index contributed by atoms with van der Waals surface area (Å²) in [6, 6.07) is 10.2. The summed E-state index contributed by atoms with van der Waals surface area (Å²) in [5, 5.41) is 11.5. The molecule has 6 nitrogen and oxygen atoms in total. The second-order valence-corrected chi connectivity index (χ2v) is 4.14. The van der Waals surface area contributed by atoms with Gasteiger partial charge in [0.1, 0.15) is 6.33 Å². The summed E-state index contributed by atoms with van der Waals surface area (Å²) >= 11 is 0. The number of aryl methyl sites for hydroxylation is 1. The number of nitrogens with one attached hydrogen (secondary N) is 1. The molecule has 96 valence electrons. The van der Waals surface area contributed by atoms with Crippen LogP contribution in [0.15, 0.2) is 36.7 Å². The standard InChI is InChI=1S/C13H14N6/c1-2-19-13-11(17-18-19)12(15-9-16-13)14-8-10-6-4-3-5-7-10/h3-7,9H,2,8H2,1H3,(H,14,15,16). The van der Waals surface area contributed by atoms with E-state index in [0.29, 0.717) is 17.9 Å². The molecule has 0 bridgehead atoms. The first-order valence-corrected chi connectivity index (χ1v) is 6.20. The first-order valence-electron chi connectivity index (χ1n) is 6.20.